The minimum atomic E-state index is -1.01. The number of benzene rings is 2. The number of nitrogens with zero attached hydrogens (tertiary/aromatic N) is 1. The summed E-state index contributed by atoms with van der Waals surface area (Å²) >= 11 is 1.47. The Kier molecular flexibility index (Phi) is 4.02. The lowest BCUT2D eigenvalue weighted by Gasteiger charge is -2.18. The quantitative estimate of drug-likeness (QED) is 0.561. The van der Waals surface area contributed by atoms with Gasteiger partial charge in [0.25, 0.3) is 5.56 Å². The van der Waals surface area contributed by atoms with E-state index in [1.54, 1.807) is 24.5 Å². The molecule has 4 heteroatoms. The predicted molar refractivity (Wildman–Crippen MR) is 108 cm³/mol. The van der Waals surface area contributed by atoms with Crippen molar-refractivity contribution < 1.29 is 5.11 Å². The summed E-state index contributed by atoms with van der Waals surface area (Å²) in [5.41, 5.74) is 1.77. The molecule has 4 aromatic rings. The molecule has 0 unspecified atom stereocenters. The second kappa shape index (κ2) is 6.24. The van der Waals surface area contributed by atoms with Crippen LogP contribution >= 0.6 is 11.3 Å². The van der Waals surface area contributed by atoms with Crippen LogP contribution in [0.25, 0.3) is 27.0 Å². The standard InChI is InChI=1S/C22H19NO2S/c1-22(2,25)20-19(15-9-5-3-6-10-15)17-13-14-18(24)23(21(17)26-20)16-11-7-4-8-12-16/h3-14,25H,1-2H3. The van der Waals surface area contributed by atoms with Crippen molar-refractivity contribution in [3.05, 3.63) is 88.0 Å². The van der Waals surface area contributed by atoms with Crippen molar-refractivity contribution >= 4 is 21.6 Å². The number of rotatable bonds is 3. The molecule has 26 heavy (non-hydrogen) atoms. The zero-order valence-corrected chi connectivity index (χ0v) is 15.5. The van der Waals surface area contributed by atoms with E-state index >= 15 is 0 Å². The first-order chi connectivity index (χ1) is 12.5. The lowest BCUT2D eigenvalue weighted by atomic mass is 9.96. The van der Waals surface area contributed by atoms with Crippen LogP contribution in [0.5, 0.6) is 0 Å². The molecular weight excluding hydrogens is 342 g/mol. The van der Waals surface area contributed by atoms with Crippen LogP contribution in [0.3, 0.4) is 0 Å². The first-order valence-corrected chi connectivity index (χ1v) is 9.31. The van der Waals surface area contributed by atoms with Crippen molar-refractivity contribution in [1.29, 1.82) is 0 Å². The normalized spacial score (nSPS) is 11.8. The Morgan fingerprint density at radius 1 is 0.885 bits per heavy atom. The summed E-state index contributed by atoms with van der Waals surface area (Å²) in [6, 6.07) is 23.1. The summed E-state index contributed by atoms with van der Waals surface area (Å²) in [4.78, 5) is 14.3. The van der Waals surface area contributed by atoms with Crippen molar-refractivity contribution in [2.45, 2.75) is 19.4 Å². The SMILES string of the molecule is CC(C)(O)c1sc2c(ccc(=O)n2-c2ccccc2)c1-c1ccccc1. The van der Waals surface area contributed by atoms with Crippen LogP contribution in [0.1, 0.15) is 18.7 Å². The van der Waals surface area contributed by atoms with Crippen LogP contribution in [-0.4, -0.2) is 9.67 Å². The monoisotopic (exact) mass is 361 g/mol. The summed E-state index contributed by atoms with van der Waals surface area (Å²) < 4.78 is 1.72. The average Bonchev–Trinajstić information content (AvgIpc) is 3.03. The minimum absolute atomic E-state index is 0.0770. The lowest BCUT2D eigenvalue weighted by Crippen LogP contribution is -2.16. The second-order valence-electron chi connectivity index (χ2n) is 6.79. The van der Waals surface area contributed by atoms with E-state index < -0.39 is 5.60 Å². The fourth-order valence-electron chi connectivity index (χ4n) is 3.23. The van der Waals surface area contributed by atoms with Crippen LogP contribution in [-0.2, 0) is 5.60 Å². The van der Waals surface area contributed by atoms with Crippen LogP contribution < -0.4 is 5.56 Å². The van der Waals surface area contributed by atoms with E-state index in [1.165, 1.54) is 11.3 Å². The molecule has 4 rings (SSSR count). The maximum absolute atomic E-state index is 12.6. The van der Waals surface area contributed by atoms with Crippen molar-refractivity contribution in [2.24, 2.45) is 0 Å². The van der Waals surface area contributed by atoms with E-state index in [-0.39, 0.29) is 5.56 Å². The molecule has 3 nitrogen and oxygen atoms in total. The number of pyridine rings is 1. The molecule has 2 aromatic heterocycles. The molecule has 1 N–H and O–H groups in total. The van der Waals surface area contributed by atoms with Gasteiger partial charge in [0, 0.05) is 21.9 Å². The first kappa shape index (κ1) is 16.8. The highest BCUT2D eigenvalue weighted by Crippen LogP contribution is 2.43. The highest BCUT2D eigenvalue weighted by molar-refractivity contribution is 7.19. The maximum Gasteiger partial charge on any atom is 0.256 e. The molecule has 0 bridgehead atoms. The Morgan fingerprint density at radius 3 is 2.12 bits per heavy atom. The Bertz CT molecular complexity index is 1120. The van der Waals surface area contributed by atoms with Gasteiger partial charge in [-0.1, -0.05) is 48.5 Å². The largest absolute Gasteiger partial charge is 0.385 e. The van der Waals surface area contributed by atoms with E-state index in [9.17, 15) is 9.90 Å². The minimum Gasteiger partial charge on any atom is -0.385 e. The van der Waals surface area contributed by atoms with Crippen LogP contribution in [0.2, 0.25) is 0 Å². The number of para-hydroxylation sites is 1. The topological polar surface area (TPSA) is 42.2 Å². The lowest BCUT2D eigenvalue weighted by molar-refractivity contribution is 0.0832. The van der Waals surface area contributed by atoms with E-state index in [2.05, 4.69) is 0 Å². The van der Waals surface area contributed by atoms with E-state index in [0.29, 0.717) is 0 Å². The number of aliphatic hydroxyl groups is 1. The van der Waals surface area contributed by atoms with E-state index in [4.69, 9.17) is 0 Å². The number of thiophene rings is 1. The zero-order valence-electron chi connectivity index (χ0n) is 14.6. The van der Waals surface area contributed by atoms with Gasteiger partial charge in [0.05, 0.1) is 11.3 Å². The van der Waals surface area contributed by atoms with Gasteiger partial charge in [-0.25, -0.2) is 0 Å². The zero-order chi connectivity index (χ0) is 18.3. The number of hydrogen-bond acceptors (Lipinski definition) is 3. The number of hydrogen-bond donors (Lipinski definition) is 1. The van der Waals surface area contributed by atoms with Gasteiger partial charge in [-0.15, -0.1) is 11.3 Å². The Morgan fingerprint density at radius 2 is 1.50 bits per heavy atom. The van der Waals surface area contributed by atoms with E-state index in [1.807, 2.05) is 66.7 Å². The molecule has 130 valence electrons. The molecule has 0 fully saturated rings. The molecule has 2 heterocycles. The van der Waals surface area contributed by atoms with Crippen LogP contribution in [0.4, 0.5) is 0 Å². The average molecular weight is 361 g/mol. The van der Waals surface area contributed by atoms with Gasteiger partial charge < -0.3 is 5.11 Å². The second-order valence-corrected chi connectivity index (χ2v) is 7.79. The van der Waals surface area contributed by atoms with Crippen molar-refractivity contribution in [3.8, 4) is 16.8 Å². The van der Waals surface area contributed by atoms with Gasteiger partial charge in [0.15, 0.2) is 0 Å². The molecule has 0 atom stereocenters. The van der Waals surface area contributed by atoms with Crippen molar-refractivity contribution in [3.63, 3.8) is 0 Å². The third-order valence-corrected chi connectivity index (χ3v) is 5.88. The highest BCUT2D eigenvalue weighted by atomic mass is 32.1. The molecular formula is C22H19NO2S. The van der Waals surface area contributed by atoms with Gasteiger partial charge >= 0.3 is 0 Å². The smallest absolute Gasteiger partial charge is 0.256 e. The van der Waals surface area contributed by atoms with Crippen LogP contribution in [0.15, 0.2) is 77.6 Å². The molecule has 0 radical (unpaired) electrons. The predicted octanol–water partition coefficient (Wildman–Crippen LogP) is 4.95. The van der Waals surface area contributed by atoms with Gasteiger partial charge in [0.1, 0.15) is 4.83 Å². The fourth-order valence-corrected chi connectivity index (χ4v) is 4.57. The molecule has 0 amide bonds. The fraction of sp³-hybridized carbons (Fsp3) is 0.136. The van der Waals surface area contributed by atoms with Crippen LogP contribution in [0, 0.1) is 0 Å². The van der Waals surface area contributed by atoms with Crippen molar-refractivity contribution in [2.75, 3.05) is 0 Å². The number of aromatic nitrogens is 1. The number of fused-ring (bicyclic) bond motifs is 1. The molecule has 0 spiro atoms. The van der Waals surface area contributed by atoms with Gasteiger partial charge in [-0.3, -0.25) is 9.36 Å². The highest BCUT2D eigenvalue weighted by Gasteiger charge is 2.27. The third kappa shape index (κ3) is 2.77. The summed E-state index contributed by atoms with van der Waals surface area (Å²) in [7, 11) is 0. The summed E-state index contributed by atoms with van der Waals surface area (Å²) in [5.74, 6) is 0. The summed E-state index contributed by atoms with van der Waals surface area (Å²) in [6.45, 7) is 3.57. The molecule has 0 aliphatic rings. The summed E-state index contributed by atoms with van der Waals surface area (Å²) in [5, 5.41) is 11.8. The van der Waals surface area contributed by atoms with Gasteiger partial charge in [-0.05, 0) is 37.6 Å². The molecule has 2 aromatic carbocycles. The Labute approximate surface area is 155 Å². The molecule has 0 saturated heterocycles. The van der Waals surface area contributed by atoms with E-state index in [0.717, 1.165) is 31.9 Å². The maximum atomic E-state index is 12.6. The Hall–Kier alpha value is -2.69. The van der Waals surface area contributed by atoms with Crippen molar-refractivity contribution in [1.82, 2.24) is 4.57 Å². The van der Waals surface area contributed by atoms with Gasteiger partial charge in [0.2, 0.25) is 0 Å². The first-order valence-electron chi connectivity index (χ1n) is 8.49. The molecule has 0 aliphatic heterocycles. The third-order valence-electron chi connectivity index (χ3n) is 4.37. The summed E-state index contributed by atoms with van der Waals surface area (Å²) in [6.07, 6.45) is 0. The Balaban J connectivity index is 2.14. The molecule has 0 aliphatic carbocycles. The molecule has 0 saturated carbocycles. The van der Waals surface area contributed by atoms with Gasteiger partial charge in [-0.2, -0.15) is 0 Å².